The predicted octanol–water partition coefficient (Wildman–Crippen LogP) is 7.39. The Morgan fingerprint density at radius 3 is 2.11 bits per heavy atom. The summed E-state index contributed by atoms with van der Waals surface area (Å²) in [5.41, 5.74) is 6.06. The summed E-state index contributed by atoms with van der Waals surface area (Å²) in [7, 11) is 3.20. The molecule has 0 radical (unpaired) electrons. The Kier molecular flexibility index (Phi) is 9.20. The summed E-state index contributed by atoms with van der Waals surface area (Å²) in [6.45, 7) is 2.34. The van der Waals surface area contributed by atoms with Gasteiger partial charge in [0, 0.05) is 29.0 Å². The summed E-state index contributed by atoms with van der Waals surface area (Å²) in [5, 5.41) is 3.45. The van der Waals surface area contributed by atoms with Gasteiger partial charge in [-0.3, -0.25) is 4.79 Å². The molecule has 0 bridgehead atoms. The standard InChI is InChI=1S/C39H37NO6/c1-25-36(39(42)46-24-27-14-8-5-9-15-27)37(30-16-10-11-17-33(30)45-23-26-12-6-4-7-13-26)38-31(40-25)20-29(21-32(38)41)28-18-19-34(43-2)35(22-28)44-3/h4-19,22,29,37,40H,20-21,23-24H2,1-3H3/t29-,37+/m1/s1. The van der Waals surface area contributed by atoms with Crippen molar-refractivity contribution in [2.75, 3.05) is 14.2 Å². The Bertz CT molecular complexity index is 1790. The number of methoxy groups -OCH3 is 2. The zero-order valence-electron chi connectivity index (χ0n) is 26.2. The lowest BCUT2D eigenvalue weighted by Crippen LogP contribution is -2.36. The maximum absolute atomic E-state index is 14.2. The smallest absolute Gasteiger partial charge is 0.337 e. The van der Waals surface area contributed by atoms with E-state index in [1.54, 1.807) is 14.2 Å². The van der Waals surface area contributed by atoms with Crippen LogP contribution in [0.4, 0.5) is 0 Å². The number of rotatable bonds is 10. The molecule has 0 fully saturated rings. The molecule has 46 heavy (non-hydrogen) atoms. The molecule has 1 heterocycles. The largest absolute Gasteiger partial charge is 0.493 e. The molecule has 0 spiro atoms. The molecule has 4 aromatic rings. The molecule has 6 rings (SSSR count). The van der Waals surface area contributed by atoms with Gasteiger partial charge in [0.05, 0.1) is 25.7 Å². The van der Waals surface area contributed by atoms with E-state index >= 15 is 0 Å². The van der Waals surface area contributed by atoms with Gasteiger partial charge in [0.1, 0.15) is 19.0 Å². The van der Waals surface area contributed by atoms with Crippen molar-refractivity contribution < 1.29 is 28.5 Å². The van der Waals surface area contributed by atoms with E-state index in [-0.39, 0.29) is 24.7 Å². The number of allylic oxidation sites excluding steroid dienone is 3. The van der Waals surface area contributed by atoms with Crippen molar-refractivity contribution in [3.8, 4) is 17.2 Å². The number of para-hydroxylation sites is 1. The molecule has 4 aromatic carbocycles. The molecule has 7 nitrogen and oxygen atoms in total. The van der Waals surface area contributed by atoms with Crippen LogP contribution in [0.25, 0.3) is 0 Å². The molecule has 0 saturated carbocycles. The summed E-state index contributed by atoms with van der Waals surface area (Å²) in [4.78, 5) is 28.2. The van der Waals surface area contributed by atoms with Gasteiger partial charge in [0.15, 0.2) is 17.3 Å². The third kappa shape index (κ3) is 6.40. The summed E-state index contributed by atoms with van der Waals surface area (Å²) >= 11 is 0. The first-order valence-electron chi connectivity index (χ1n) is 15.4. The van der Waals surface area contributed by atoms with Gasteiger partial charge in [0.25, 0.3) is 0 Å². The van der Waals surface area contributed by atoms with Crippen LogP contribution < -0.4 is 19.5 Å². The van der Waals surface area contributed by atoms with E-state index in [9.17, 15) is 9.59 Å². The van der Waals surface area contributed by atoms with Crippen LogP contribution in [-0.2, 0) is 27.5 Å². The molecule has 0 saturated heterocycles. The summed E-state index contributed by atoms with van der Waals surface area (Å²) in [5.74, 6) is 0.615. The summed E-state index contributed by atoms with van der Waals surface area (Å²) in [6, 6.07) is 32.9. The lowest BCUT2D eigenvalue weighted by Gasteiger charge is -2.37. The van der Waals surface area contributed by atoms with Gasteiger partial charge in [0.2, 0.25) is 0 Å². The Balaban J connectivity index is 1.38. The van der Waals surface area contributed by atoms with E-state index in [1.165, 1.54) is 0 Å². The van der Waals surface area contributed by atoms with Gasteiger partial charge in [-0.15, -0.1) is 0 Å². The van der Waals surface area contributed by atoms with Gasteiger partial charge < -0.3 is 24.3 Å². The second-order valence-electron chi connectivity index (χ2n) is 11.5. The van der Waals surface area contributed by atoms with E-state index in [4.69, 9.17) is 18.9 Å². The molecule has 2 aliphatic rings. The molecule has 1 N–H and O–H groups in total. The van der Waals surface area contributed by atoms with Crippen LogP contribution in [0.2, 0.25) is 0 Å². The number of hydrogen-bond donors (Lipinski definition) is 1. The quantitative estimate of drug-likeness (QED) is 0.186. The molecule has 1 aliphatic heterocycles. The number of carbonyl (C=O) groups excluding carboxylic acids is 2. The fourth-order valence-corrected chi connectivity index (χ4v) is 6.35. The molecule has 0 amide bonds. The first-order chi connectivity index (χ1) is 22.5. The minimum atomic E-state index is -0.662. The molecule has 2 atom stereocenters. The Labute approximate surface area is 269 Å². The van der Waals surface area contributed by atoms with E-state index in [2.05, 4.69) is 5.32 Å². The molecular formula is C39H37NO6. The number of dihydropyridines is 1. The Hall–Kier alpha value is -5.30. The number of ether oxygens (including phenoxy) is 4. The van der Waals surface area contributed by atoms with Crippen LogP contribution in [0, 0.1) is 0 Å². The predicted molar refractivity (Wildman–Crippen MR) is 176 cm³/mol. The maximum Gasteiger partial charge on any atom is 0.337 e. The number of carbonyl (C=O) groups is 2. The first kappa shape index (κ1) is 30.7. The van der Waals surface area contributed by atoms with E-state index in [0.717, 1.165) is 28.0 Å². The van der Waals surface area contributed by atoms with Crippen molar-refractivity contribution in [2.45, 2.75) is 44.8 Å². The number of Topliss-reactive ketones (excluding diaryl/α,β-unsaturated/α-hetero) is 1. The second kappa shape index (κ2) is 13.8. The Morgan fingerprint density at radius 1 is 0.761 bits per heavy atom. The molecule has 1 aliphatic carbocycles. The highest BCUT2D eigenvalue weighted by Gasteiger charge is 2.42. The monoisotopic (exact) mass is 615 g/mol. The third-order valence-corrected chi connectivity index (χ3v) is 8.61. The average Bonchev–Trinajstić information content (AvgIpc) is 3.09. The van der Waals surface area contributed by atoms with E-state index in [1.807, 2.05) is 110 Å². The zero-order valence-corrected chi connectivity index (χ0v) is 26.2. The van der Waals surface area contributed by atoms with Crippen molar-refractivity contribution in [3.63, 3.8) is 0 Å². The van der Waals surface area contributed by atoms with Crippen LogP contribution in [0.1, 0.15) is 53.9 Å². The maximum atomic E-state index is 14.2. The second-order valence-corrected chi connectivity index (χ2v) is 11.5. The number of ketones is 1. The number of hydrogen-bond acceptors (Lipinski definition) is 7. The highest BCUT2D eigenvalue weighted by Crippen LogP contribution is 2.48. The normalized spacial score (nSPS) is 17.6. The first-order valence-corrected chi connectivity index (χ1v) is 15.4. The highest BCUT2D eigenvalue weighted by atomic mass is 16.5. The number of benzene rings is 4. The van der Waals surface area contributed by atoms with Crippen molar-refractivity contribution in [1.82, 2.24) is 5.32 Å². The summed E-state index contributed by atoms with van der Waals surface area (Å²) < 4.78 is 23.2. The topological polar surface area (TPSA) is 83.1 Å². The van der Waals surface area contributed by atoms with Crippen LogP contribution >= 0.6 is 0 Å². The van der Waals surface area contributed by atoms with E-state index in [0.29, 0.717) is 47.1 Å². The minimum absolute atomic E-state index is 0.0303. The van der Waals surface area contributed by atoms with Crippen LogP contribution in [0.15, 0.2) is 126 Å². The lowest BCUT2D eigenvalue weighted by molar-refractivity contribution is -0.140. The molecule has 0 unspecified atom stereocenters. The molecule has 0 aromatic heterocycles. The third-order valence-electron chi connectivity index (χ3n) is 8.61. The zero-order chi connectivity index (χ0) is 32.0. The lowest BCUT2D eigenvalue weighted by atomic mass is 9.71. The fourth-order valence-electron chi connectivity index (χ4n) is 6.35. The van der Waals surface area contributed by atoms with Gasteiger partial charge in [-0.05, 0) is 54.2 Å². The number of esters is 1. The van der Waals surface area contributed by atoms with Crippen molar-refractivity contribution >= 4 is 11.8 Å². The molecule has 7 heteroatoms. The fraction of sp³-hybridized carbons (Fsp3) is 0.231. The van der Waals surface area contributed by atoms with Crippen LogP contribution in [0.3, 0.4) is 0 Å². The molecule has 234 valence electrons. The average molecular weight is 616 g/mol. The van der Waals surface area contributed by atoms with Gasteiger partial charge >= 0.3 is 5.97 Å². The van der Waals surface area contributed by atoms with Crippen molar-refractivity contribution in [2.24, 2.45) is 0 Å². The number of nitrogens with one attached hydrogen (secondary N) is 1. The molecular weight excluding hydrogens is 578 g/mol. The van der Waals surface area contributed by atoms with Gasteiger partial charge in [-0.2, -0.15) is 0 Å². The van der Waals surface area contributed by atoms with Crippen molar-refractivity contribution in [3.05, 3.63) is 148 Å². The van der Waals surface area contributed by atoms with E-state index < -0.39 is 11.9 Å². The highest BCUT2D eigenvalue weighted by molar-refractivity contribution is 6.04. The SMILES string of the molecule is COc1ccc([C@H]2CC(=O)C3=C(C2)NC(C)=C(C(=O)OCc2ccccc2)[C@@H]3c2ccccc2OCc2ccccc2)cc1OC. The Morgan fingerprint density at radius 2 is 1.41 bits per heavy atom. The van der Waals surface area contributed by atoms with Crippen molar-refractivity contribution in [1.29, 1.82) is 0 Å². The van der Waals surface area contributed by atoms with Gasteiger partial charge in [-0.25, -0.2) is 4.79 Å². The minimum Gasteiger partial charge on any atom is -0.493 e. The summed E-state index contributed by atoms with van der Waals surface area (Å²) in [6.07, 6.45) is 0.870. The van der Waals surface area contributed by atoms with Gasteiger partial charge in [-0.1, -0.05) is 84.9 Å². The van der Waals surface area contributed by atoms with Crippen LogP contribution in [0.5, 0.6) is 17.2 Å². The van der Waals surface area contributed by atoms with Crippen LogP contribution in [-0.4, -0.2) is 26.0 Å².